The van der Waals surface area contributed by atoms with E-state index < -0.39 is 11.6 Å². The number of halogens is 2. The molecule has 1 saturated carbocycles. The molecule has 0 aliphatic heterocycles. The van der Waals surface area contributed by atoms with E-state index in [9.17, 15) is 8.78 Å². The summed E-state index contributed by atoms with van der Waals surface area (Å²) in [5.41, 5.74) is 0.980. The van der Waals surface area contributed by atoms with Crippen molar-refractivity contribution in [1.82, 2.24) is 0 Å². The molecule has 1 aromatic carbocycles. The smallest absolute Gasteiger partial charge is 0.159 e. The third-order valence-corrected chi connectivity index (χ3v) is 4.73. The van der Waals surface area contributed by atoms with Crippen molar-refractivity contribution in [2.24, 2.45) is 5.92 Å². The van der Waals surface area contributed by atoms with Gasteiger partial charge in [0.25, 0.3) is 0 Å². The van der Waals surface area contributed by atoms with E-state index in [1.165, 1.54) is 57.1 Å². The summed E-state index contributed by atoms with van der Waals surface area (Å²) in [5, 5.41) is 0. The normalized spacial score (nSPS) is 22.9. The van der Waals surface area contributed by atoms with Crippen molar-refractivity contribution in [3.8, 4) is 0 Å². The third kappa shape index (κ3) is 4.29. The highest BCUT2D eigenvalue weighted by molar-refractivity contribution is 5.22. The van der Waals surface area contributed by atoms with Gasteiger partial charge >= 0.3 is 0 Å². The molecule has 0 nitrogen and oxygen atoms in total. The Labute approximate surface area is 121 Å². The van der Waals surface area contributed by atoms with E-state index >= 15 is 0 Å². The van der Waals surface area contributed by atoms with Crippen molar-refractivity contribution in [1.29, 1.82) is 0 Å². The van der Waals surface area contributed by atoms with Gasteiger partial charge in [-0.2, -0.15) is 0 Å². The zero-order chi connectivity index (χ0) is 14.4. The van der Waals surface area contributed by atoms with Gasteiger partial charge in [0.2, 0.25) is 0 Å². The average Bonchev–Trinajstić information content (AvgIpc) is 2.47. The lowest BCUT2D eigenvalue weighted by molar-refractivity contribution is 0.301. The van der Waals surface area contributed by atoms with Gasteiger partial charge < -0.3 is 0 Å². The first-order valence-electron chi connectivity index (χ1n) is 8.15. The minimum Gasteiger partial charge on any atom is -0.204 e. The fourth-order valence-electron chi connectivity index (χ4n) is 3.41. The lowest BCUT2D eigenvalue weighted by atomic mass is 9.77. The fourth-order valence-corrected chi connectivity index (χ4v) is 3.41. The molecule has 1 aromatic rings. The van der Waals surface area contributed by atoms with Crippen LogP contribution in [0.3, 0.4) is 0 Å². The van der Waals surface area contributed by atoms with Crippen molar-refractivity contribution in [2.45, 2.75) is 70.6 Å². The first-order chi connectivity index (χ1) is 9.70. The van der Waals surface area contributed by atoms with E-state index in [0.29, 0.717) is 5.92 Å². The molecular weight excluding hydrogens is 254 g/mol. The first-order valence-corrected chi connectivity index (χ1v) is 8.15. The van der Waals surface area contributed by atoms with Gasteiger partial charge in [-0.25, -0.2) is 8.78 Å². The zero-order valence-corrected chi connectivity index (χ0v) is 12.5. The van der Waals surface area contributed by atoms with Gasteiger partial charge in [0.15, 0.2) is 11.6 Å². The van der Waals surface area contributed by atoms with Gasteiger partial charge in [0.1, 0.15) is 0 Å². The molecular formula is C18H26F2. The van der Waals surface area contributed by atoms with Crippen LogP contribution in [0.1, 0.15) is 76.2 Å². The second-order valence-electron chi connectivity index (χ2n) is 6.24. The highest BCUT2D eigenvalue weighted by Crippen LogP contribution is 2.38. The molecule has 0 spiro atoms. The van der Waals surface area contributed by atoms with Crippen LogP contribution in [0.5, 0.6) is 0 Å². The largest absolute Gasteiger partial charge is 0.204 e. The van der Waals surface area contributed by atoms with Crippen LogP contribution in [-0.4, -0.2) is 0 Å². The van der Waals surface area contributed by atoms with Crippen molar-refractivity contribution >= 4 is 0 Å². The predicted octanol–water partition coefficient (Wildman–Crippen LogP) is 6.21. The minimum absolute atomic E-state index is 0.428. The maximum atomic E-state index is 13.3. The predicted molar refractivity (Wildman–Crippen MR) is 79.8 cm³/mol. The highest BCUT2D eigenvalue weighted by atomic mass is 19.2. The van der Waals surface area contributed by atoms with E-state index in [-0.39, 0.29) is 0 Å². The van der Waals surface area contributed by atoms with Crippen LogP contribution in [0.25, 0.3) is 0 Å². The molecule has 1 aliphatic carbocycles. The maximum Gasteiger partial charge on any atom is 0.159 e. The summed E-state index contributed by atoms with van der Waals surface area (Å²) in [6.45, 7) is 2.24. The minimum atomic E-state index is -0.738. The summed E-state index contributed by atoms with van der Waals surface area (Å²) in [6, 6.07) is 4.41. The van der Waals surface area contributed by atoms with Crippen LogP contribution in [0.15, 0.2) is 18.2 Å². The third-order valence-electron chi connectivity index (χ3n) is 4.73. The van der Waals surface area contributed by atoms with Gasteiger partial charge in [-0.05, 0) is 55.2 Å². The van der Waals surface area contributed by atoms with E-state index in [2.05, 4.69) is 6.92 Å². The molecule has 0 heterocycles. The fraction of sp³-hybridized carbons (Fsp3) is 0.667. The molecule has 2 rings (SSSR count). The molecule has 1 fully saturated rings. The summed E-state index contributed by atoms with van der Waals surface area (Å²) in [5.74, 6) is -0.159. The van der Waals surface area contributed by atoms with Crippen molar-refractivity contribution in [3.63, 3.8) is 0 Å². The molecule has 0 bridgehead atoms. The Bertz CT molecular complexity index is 406. The van der Waals surface area contributed by atoms with E-state index in [0.717, 1.165) is 24.3 Å². The maximum absolute atomic E-state index is 13.3. The van der Waals surface area contributed by atoms with Crippen molar-refractivity contribution in [2.75, 3.05) is 0 Å². The summed E-state index contributed by atoms with van der Waals surface area (Å²) in [7, 11) is 0. The molecule has 0 unspecified atom stereocenters. The van der Waals surface area contributed by atoms with E-state index in [1.54, 1.807) is 6.07 Å². The van der Waals surface area contributed by atoms with Crippen LogP contribution >= 0.6 is 0 Å². The Kier molecular flexibility index (Phi) is 6.00. The Morgan fingerprint density at radius 3 is 2.35 bits per heavy atom. The zero-order valence-electron chi connectivity index (χ0n) is 12.5. The molecule has 2 heteroatoms. The summed E-state index contributed by atoms with van der Waals surface area (Å²) in [4.78, 5) is 0. The summed E-state index contributed by atoms with van der Waals surface area (Å²) >= 11 is 0. The van der Waals surface area contributed by atoms with Gasteiger partial charge in [0, 0.05) is 0 Å². The number of hydrogen-bond donors (Lipinski definition) is 0. The highest BCUT2D eigenvalue weighted by Gasteiger charge is 2.22. The number of hydrogen-bond acceptors (Lipinski definition) is 0. The molecule has 20 heavy (non-hydrogen) atoms. The lowest BCUT2D eigenvalue weighted by Gasteiger charge is -2.29. The van der Waals surface area contributed by atoms with Gasteiger partial charge in [-0.3, -0.25) is 0 Å². The molecule has 0 atom stereocenters. The Morgan fingerprint density at radius 1 is 0.950 bits per heavy atom. The molecule has 1 aliphatic rings. The van der Waals surface area contributed by atoms with Crippen LogP contribution < -0.4 is 0 Å². The van der Waals surface area contributed by atoms with Gasteiger partial charge in [0.05, 0.1) is 0 Å². The van der Waals surface area contributed by atoms with Crippen molar-refractivity contribution < 1.29 is 8.78 Å². The lowest BCUT2D eigenvalue weighted by Crippen LogP contribution is -2.13. The Hall–Kier alpha value is -0.920. The topological polar surface area (TPSA) is 0 Å². The Morgan fingerprint density at radius 2 is 1.70 bits per heavy atom. The monoisotopic (exact) mass is 280 g/mol. The second-order valence-corrected chi connectivity index (χ2v) is 6.24. The molecule has 112 valence electrons. The number of rotatable bonds is 6. The quantitative estimate of drug-likeness (QED) is 0.543. The van der Waals surface area contributed by atoms with E-state index in [1.807, 2.05) is 0 Å². The van der Waals surface area contributed by atoms with Crippen LogP contribution in [-0.2, 0) is 0 Å². The number of benzene rings is 1. The second kappa shape index (κ2) is 7.75. The van der Waals surface area contributed by atoms with Crippen molar-refractivity contribution in [3.05, 3.63) is 35.4 Å². The molecule has 0 amide bonds. The molecule has 0 radical (unpaired) electrons. The molecule has 0 aromatic heterocycles. The molecule has 0 saturated heterocycles. The SMILES string of the molecule is CCCCCCC1CCC(c2ccc(F)c(F)c2)CC1. The van der Waals surface area contributed by atoms with Crippen LogP contribution in [0, 0.1) is 17.6 Å². The molecule has 0 N–H and O–H groups in total. The number of unbranched alkanes of at least 4 members (excludes halogenated alkanes) is 3. The summed E-state index contributed by atoms with van der Waals surface area (Å²) < 4.78 is 26.2. The van der Waals surface area contributed by atoms with Crippen LogP contribution in [0.2, 0.25) is 0 Å². The standard InChI is InChI=1S/C18H26F2/c1-2-3-4-5-6-14-7-9-15(10-8-14)16-11-12-17(19)18(20)13-16/h11-15H,2-10H2,1H3. The summed E-state index contributed by atoms with van der Waals surface area (Å²) in [6.07, 6.45) is 11.5. The Balaban J connectivity index is 1.77. The average molecular weight is 280 g/mol. The van der Waals surface area contributed by atoms with Crippen LogP contribution in [0.4, 0.5) is 8.78 Å². The first kappa shape index (κ1) is 15.5. The van der Waals surface area contributed by atoms with Gasteiger partial charge in [-0.15, -0.1) is 0 Å². The van der Waals surface area contributed by atoms with E-state index in [4.69, 9.17) is 0 Å². The van der Waals surface area contributed by atoms with Gasteiger partial charge in [-0.1, -0.05) is 45.1 Å².